The summed E-state index contributed by atoms with van der Waals surface area (Å²) in [6, 6.07) is 2.57. The Labute approximate surface area is 114 Å². The summed E-state index contributed by atoms with van der Waals surface area (Å²) in [6.45, 7) is 9.82. The van der Waals surface area contributed by atoms with Gasteiger partial charge in [0.25, 0.3) is 0 Å². The van der Waals surface area contributed by atoms with E-state index in [1.165, 1.54) is 50.6 Å². The molecule has 0 amide bonds. The normalized spacial score (nSPS) is 11.4. The zero-order chi connectivity index (χ0) is 13.0. The van der Waals surface area contributed by atoms with Gasteiger partial charge in [0.15, 0.2) is 7.38 Å². The van der Waals surface area contributed by atoms with Crippen LogP contribution in [0.3, 0.4) is 0 Å². The van der Waals surface area contributed by atoms with Gasteiger partial charge in [0, 0.05) is 0 Å². The number of allylic oxidation sites excluding steroid dienone is 2. The maximum Gasteiger partial charge on any atom is 0.153 e. The molecule has 0 aliphatic rings. The van der Waals surface area contributed by atoms with Crippen LogP contribution in [0.2, 0.25) is 18.6 Å². The monoisotopic (exact) mass is 272 g/mol. The minimum atomic E-state index is -1.40. The summed E-state index contributed by atoms with van der Waals surface area (Å²) in [5.41, 5.74) is 0. The molecule has 2 heteroatoms. The van der Waals surface area contributed by atoms with E-state index in [-0.39, 0.29) is 0 Å². The molecule has 0 rings (SSSR count). The van der Waals surface area contributed by atoms with Crippen molar-refractivity contribution in [1.29, 1.82) is 0 Å². The van der Waals surface area contributed by atoms with Crippen LogP contribution in [-0.4, -0.2) is 7.38 Å². The standard InChI is InChI=1S/C15H29ClSi/c1-4-6-8-10-12-14-17(3,16)15-13-11-9-7-5-2/h4-5H,1-2,6-15H2,3H3. The Morgan fingerprint density at radius 1 is 0.824 bits per heavy atom. The molecular formula is C15H29ClSi. The minimum absolute atomic E-state index is 1.15. The number of hydrogen-bond donors (Lipinski definition) is 0. The van der Waals surface area contributed by atoms with Crippen molar-refractivity contribution in [3.63, 3.8) is 0 Å². The molecule has 0 atom stereocenters. The fourth-order valence-corrected chi connectivity index (χ4v) is 5.07. The van der Waals surface area contributed by atoms with Gasteiger partial charge in [-0.25, -0.2) is 0 Å². The molecule has 0 aliphatic carbocycles. The first kappa shape index (κ1) is 17.0. The summed E-state index contributed by atoms with van der Waals surface area (Å²) < 4.78 is 0. The molecule has 0 nitrogen and oxygen atoms in total. The van der Waals surface area contributed by atoms with Gasteiger partial charge in [-0.15, -0.1) is 13.2 Å². The average Bonchev–Trinajstić information content (AvgIpc) is 2.28. The van der Waals surface area contributed by atoms with E-state index >= 15 is 0 Å². The minimum Gasteiger partial charge on any atom is -0.167 e. The Hall–Kier alpha value is -0.0131. The molecular weight excluding hydrogens is 244 g/mol. The molecule has 0 aliphatic heterocycles. The van der Waals surface area contributed by atoms with Gasteiger partial charge in [0.1, 0.15) is 0 Å². The summed E-state index contributed by atoms with van der Waals surface area (Å²) in [7, 11) is -1.40. The second kappa shape index (κ2) is 11.1. The van der Waals surface area contributed by atoms with Crippen molar-refractivity contribution in [1.82, 2.24) is 0 Å². The molecule has 17 heavy (non-hydrogen) atoms. The van der Waals surface area contributed by atoms with Crippen LogP contribution in [0.4, 0.5) is 0 Å². The largest absolute Gasteiger partial charge is 0.167 e. The first-order valence-electron chi connectivity index (χ1n) is 7.03. The van der Waals surface area contributed by atoms with Crippen LogP contribution in [-0.2, 0) is 0 Å². The highest BCUT2D eigenvalue weighted by atomic mass is 35.6. The van der Waals surface area contributed by atoms with Crippen LogP contribution in [0.5, 0.6) is 0 Å². The Morgan fingerprint density at radius 3 is 1.59 bits per heavy atom. The van der Waals surface area contributed by atoms with Crippen LogP contribution in [0.15, 0.2) is 25.3 Å². The average molecular weight is 273 g/mol. The van der Waals surface area contributed by atoms with Crippen molar-refractivity contribution in [2.75, 3.05) is 0 Å². The predicted molar refractivity (Wildman–Crippen MR) is 84.4 cm³/mol. The van der Waals surface area contributed by atoms with Gasteiger partial charge >= 0.3 is 0 Å². The van der Waals surface area contributed by atoms with E-state index in [1.807, 2.05) is 12.2 Å². The van der Waals surface area contributed by atoms with Crippen LogP contribution >= 0.6 is 11.1 Å². The van der Waals surface area contributed by atoms with Crippen LogP contribution in [0, 0.1) is 0 Å². The predicted octanol–water partition coefficient (Wildman–Crippen LogP) is 6.29. The van der Waals surface area contributed by atoms with Crippen molar-refractivity contribution in [2.45, 2.75) is 70.0 Å². The molecule has 0 bridgehead atoms. The van der Waals surface area contributed by atoms with Gasteiger partial charge in [-0.3, -0.25) is 0 Å². The Balaban J connectivity index is 3.44. The topological polar surface area (TPSA) is 0 Å². The zero-order valence-electron chi connectivity index (χ0n) is 11.5. The first-order chi connectivity index (χ1) is 8.12. The van der Waals surface area contributed by atoms with Crippen molar-refractivity contribution >= 4 is 18.5 Å². The molecule has 0 N–H and O–H groups in total. The summed E-state index contributed by atoms with van der Waals surface area (Å²) in [5, 5.41) is 0. The van der Waals surface area contributed by atoms with Gasteiger partial charge in [0.05, 0.1) is 0 Å². The van der Waals surface area contributed by atoms with Crippen LogP contribution in [0.1, 0.15) is 51.4 Å². The second-order valence-electron chi connectivity index (χ2n) is 5.19. The van der Waals surface area contributed by atoms with Crippen LogP contribution < -0.4 is 0 Å². The molecule has 0 aromatic rings. The van der Waals surface area contributed by atoms with Crippen molar-refractivity contribution in [2.24, 2.45) is 0 Å². The number of unbranched alkanes of at least 4 members (excludes halogenated alkanes) is 6. The van der Waals surface area contributed by atoms with Crippen molar-refractivity contribution < 1.29 is 0 Å². The van der Waals surface area contributed by atoms with E-state index in [1.54, 1.807) is 0 Å². The van der Waals surface area contributed by atoms with E-state index in [0.717, 1.165) is 12.8 Å². The highest BCUT2D eigenvalue weighted by Gasteiger charge is 2.22. The number of halogens is 1. The third-order valence-corrected chi connectivity index (χ3v) is 7.14. The van der Waals surface area contributed by atoms with Gasteiger partial charge in [-0.05, 0) is 37.8 Å². The van der Waals surface area contributed by atoms with E-state index in [0.29, 0.717) is 0 Å². The quantitative estimate of drug-likeness (QED) is 0.169. The van der Waals surface area contributed by atoms with E-state index in [9.17, 15) is 0 Å². The second-order valence-corrected chi connectivity index (χ2v) is 11.8. The molecule has 100 valence electrons. The Kier molecular flexibility index (Phi) is 11.1. The molecule has 0 heterocycles. The van der Waals surface area contributed by atoms with Gasteiger partial charge in [-0.2, -0.15) is 11.1 Å². The molecule has 0 fully saturated rings. The highest BCUT2D eigenvalue weighted by Crippen LogP contribution is 2.26. The third kappa shape index (κ3) is 12.2. The lowest BCUT2D eigenvalue weighted by Gasteiger charge is -2.19. The van der Waals surface area contributed by atoms with E-state index in [2.05, 4.69) is 19.7 Å². The lowest BCUT2D eigenvalue weighted by molar-refractivity contribution is 0.708. The number of hydrogen-bond acceptors (Lipinski definition) is 0. The van der Waals surface area contributed by atoms with Gasteiger partial charge in [-0.1, -0.05) is 44.4 Å². The zero-order valence-corrected chi connectivity index (χ0v) is 13.3. The summed E-state index contributed by atoms with van der Waals surface area (Å²) in [4.78, 5) is 0. The van der Waals surface area contributed by atoms with Gasteiger partial charge < -0.3 is 0 Å². The molecule has 0 aromatic carbocycles. The molecule has 0 unspecified atom stereocenters. The highest BCUT2D eigenvalue weighted by molar-refractivity contribution is 7.19. The Bertz CT molecular complexity index is 179. The fourth-order valence-electron chi connectivity index (χ4n) is 2.04. The summed E-state index contributed by atoms with van der Waals surface area (Å²) >= 11 is 6.66. The molecule has 0 radical (unpaired) electrons. The maximum absolute atomic E-state index is 6.66. The Morgan fingerprint density at radius 2 is 1.24 bits per heavy atom. The third-order valence-electron chi connectivity index (χ3n) is 3.21. The van der Waals surface area contributed by atoms with E-state index < -0.39 is 7.38 Å². The van der Waals surface area contributed by atoms with E-state index in [4.69, 9.17) is 11.1 Å². The van der Waals surface area contributed by atoms with Crippen LogP contribution in [0.25, 0.3) is 0 Å². The maximum atomic E-state index is 6.66. The molecule has 0 saturated carbocycles. The molecule has 0 aromatic heterocycles. The number of rotatable bonds is 12. The lowest BCUT2D eigenvalue weighted by Crippen LogP contribution is -2.21. The lowest BCUT2D eigenvalue weighted by atomic mass is 10.2. The summed E-state index contributed by atoms with van der Waals surface area (Å²) in [6.07, 6.45) is 14.2. The summed E-state index contributed by atoms with van der Waals surface area (Å²) in [5.74, 6) is 0. The fraction of sp³-hybridized carbons (Fsp3) is 0.733. The molecule has 0 saturated heterocycles. The smallest absolute Gasteiger partial charge is 0.153 e. The first-order valence-corrected chi connectivity index (χ1v) is 11.0. The van der Waals surface area contributed by atoms with Gasteiger partial charge in [0.2, 0.25) is 0 Å². The van der Waals surface area contributed by atoms with Crippen molar-refractivity contribution in [3.05, 3.63) is 25.3 Å². The molecule has 0 spiro atoms. The van der Waals surface area contributed by atoms with Crippen molar-refractivity contribution in [3.8, 4) is 0 Å². The SMILES string of the molecule is C=CCCCCC[Si](C)(Cl)CCCCCC=C.